The van der Waals surface area contributed by atoms with Crippen LogP contribution in [0.5, 0.6) is 0 Å². The fourth-order valence-electron chi connectivity index (χ4n) is 2.73. The number of rotatable bonds is 4. The van der Waals surface area contributed by atoms with E-state index < -0.39 is 10.0 Å². The van der Waals surface area contributed by atoms with Crippen molar-refractivity contribution in [2.45, 2.75) is 24.7 Å². The van der Waals surface area contributed by atoms with Crippen molar-refractivity contribution in [2.75, 3.05) is 33.7 Å². The van der Waals surface area contributed by atoms with Gasteiger partial charge < -0.3 is 4.90 Å². The van der Waals surface area contributed by atoms with E-state index in [4.69, 9.17) is 0 Å². The van der Waals surface area contributed by atoms with Gasteiger partial charge in [-0.05, 0) is 63.5 Å². The summed E-state index contributed by atoms with van der Waals surface area (Å²) in [5.74, 6) is 0.452. The van der Waals surface area contributed by atoms with Crippen LogP contribution in [0.1, 0.15) is 18.4 Å². The second-order valence-corrected chi connectivity index (χ2v) is 8.87. The highest BCUT2D eigenvalue weighted by atomic mass is 79.9. The van der Waals surface area contributed by atoms with E-state index >= 15 is 0 Å². The largest absolute Gasteiger partial charge is 0.306 e. The maximum absolute atomic E-state index is 12.7. The molecule has 1 aromatic carbocycles. The molecule has 1 heterocycles. The van der Waals surface area contributed by atoms with E-state index in [2.05, 4.69) is 27.9 Å². The molecule has 6 heteroatoms. The first-order valence-corrected chi connectivity index (χ1v) is 9.45. The molecule has 4 nitrogen and oxygen atoms in total. The topological polar surface area (TPSA) is 40.6 Å². The Morgan fingerprint density at radius 1 is 1.33 bits per heavy atom. The van der Waals surface area contributed by atoms with E-state index in [9.17, 15) is 8.42 Å². The Kier molecular flexibility index (Phi) is 5.46. The molecule has 1 aliphatic rings. The highest BCUT2D eigenvalue weighted by Gasteiger charge is 2.27. The molecule has 0 saturated carbocycles. The zero-order valence-corrected chi connectivity index (χ0v) is 15.2. The van der Waals surface area contributed by atoms with E-state index in [1.54, 1.807) is 13.1 Å². The van der Waals surface area contributed by atoms with Crippen molar-refractivity contribution >= 4 is 26.0 Å². The number of aryl methyl sites for hydroxylation is 1. The van der Waals surface area contributed by atoms with Gasteiger partial charge in [-0.1, -0.05) is 22.0 Å². The van der Waals surface area contributed by atoms with Crippen LogP contribution < -0.4 is 0 Å². The molecule has 0 bridgehead atoms. The van der Waals surface area contributed by atoms with Gasteiger partial charge in [0.05, 0.1) is 4.90 Å². The number of nitrogens with zero attached hydrogens (tertiary/aromatic N) is 2. The first-order chi connectivity index (χ1) is 9.80. The van der Waals surface area contributed by atoms with Crippen LogP contribution in [-0.2, 0) is 10.0 Å². The first-order valence-electron chi connectivity index (χ1n) is 7.21. The van der Waals surface area contributed by atoms with Gasteiger partial charge >= 0.3 is 0 Å². The predicted octanol–water partition coefficient (Wildman–Crippen LogP) is 2.72. The Morgan fingerprint density at radius 3 is 2.57 bits per heavy atom. The van der Waals surface area contributed by atoms with Gasteiger partial charge in [-0.3, -0.25) is 0 Å². The van der Waals surface area contributed by atoms with E-state index in [0.29, 0.717) is 17.4 Å². The standard InChI is InChI=1S/C15H23BrN2O2S/c1-12-4-5-14(16)10-15(12)21(19,20)18(3)11-13-6-8-17(2)9-7-13/h4-5,10,13H,6-9,11H2,1-3H3. The fourth-order valence-corrected chi connectivity index (χ4v) is 4.73. The maximum Gasteiger partial charge on any atom is 0.243 e. The quantitative estimate of drug-likeness (QED) is 0.813. The zero-order valence-electron chi connectivity index (χ0n) is 12.8. The van der Waals surface area contributed by atoms with Crippen LogP contribution >= 0.6 is 15.9 Å². The summed E-state index contributed by atoms with van der Waals surface area (Å²) in [4.78, 5) is 2.69. The molecule has 1 fully saturated rings. The molecule has 118 valence electrons. The zero-order chi connectivity index (χ0) is 15.6. The summed E-state index contributed by atoms with van der Waals surface area (Å²) in [6.07, 6.45) is 2.13. The Labute approximate surface area is 136 Å². The molecule has 0 unspecified atom stereocenters. The number of benzene rings is 1. The third-order valence-electron chi connectivity index (χ3n) is 4.19. The second kappa shape index (κ2) is 6.77. The molecule has 0 spiro atoms. The van der Waals surface area contributed by atoms with Crippen LogP contribution in [0.25, 0.3) is 0 Å². The highest BCUT2D eigenvalue weighted by Crippen LogP contribution is 2.25. The van der Waals surface area contributed by atoms with E-state index in [1.165, 1.54) is 4.31 Å². The Balaban J connectivity index is 2.13. The smallest absolute Gasteiger partial charge is 0.243 e. The second-order valence-electron chi connectivity index (χ2n) is 5.94. The fraction of sp³-hybridized carbons (Fsp3) is 0.600. The number of hydrogen-bond acceptors (Lipinski definition) is 3. The van der Waals surface area contributed by atoms with Crippen LogP contribution in [0.4, 0.5) is 0 Å². The van der Waals surface area contributed by atoms with E-state index in [1.807, 2.05) is 19.1 Å². The van der Waals surface area contributed by atoms with Crippen molar-refractivity contribution in [1.82, 2.24) is 9.21 Å². The van der Waals surface area contributed by atoms with Crippen molar-refractivity contribution in [3.8, 4) is 0 Å². The first kappa shape index (κ1) is 16.9. The van der Waals surface area contributed by atoms with Crippen LogP contribution in [0.2, 0.25) is 0 Å². The van der Waals surface area contributed by atoms with Gasteiger partial charge in [-0.25, -0.2) is 12.7 Å². The number of halogens is 1. The maximum atomic E-state index is 12.7. The summed E-state index contributed by atoms with van der Waals surface area (Å²) in [6, 6.07) is 5.39. The lowest BCUT2D eigenvalue weighted by atomic mass is 9.97. The molecule has 1 aromatic rings. The minimum atomic E-state index is -3.42. The average Bonchev–Trinajstić information content (AvgIpc) is 2.43. The van der Waals surface area contributed by atoms with Crippen LogP contribution in [0, 0.1) is 12.8 Å². The molecule has 0 N–H and O–H groups in total. The van der Waals surface area contributed by atoms with Gasteiger partial charge in [0.1, 0.15) is 0 Å². The molecular formula is C15H23BrN2O2S. The minimum absolute atomic E-state index is 0.396. The van der Waals surface area contributed by atoms with Crippen molar-refractivity contribution < 1.29 is 8.42 Å². The van der Waals surface area contributed by atoms with Gasteiger partial charge in [-0.15, -0.1) is 0 Å². The molecule has 0 aliphatic carbocycles. The number of sulfonamides is 1. The summed E-state index contributed by atoms with van der Waals surface area (Å²) in [5.41, 5.74) is 0.786. The van der Waals surface area contributed by atoms with Gasteiger partial charge in [-0.2, -0.15) is 0 Å². The summed E-state index contributed by atoms with van der Waals surface area (Å²) < 4.78 is 27.8. The van der Waals surface area contributed by atoms with Crippen molar-refractivity contribution in [3.63, 3.8) is 0 Å². The number of hydrogen-bond donors (Lipinski definition) is 0. The average molecular weight is 375 g/mol. The SMILES string of the molecule is Cc1ccc(Br)cc1S(=O)(=O)N(C)CC1CCN(C)CC1. The number of piperidine rings is 1. The van der Waals surface area contributed by atoms with Crippen LogP contribution in [-0.4, -0.2) is 51.4 Å². The molecular weight excluding hydrogens is 352 g/mol. The molecule has 21 heavy (non-hydrogen) atoms. The van der Waals surface area contributed by atoms with Crippen LogP contribution in [0.3, 0.4) is 0 Å². The Bertz CT molecular complexity index is 596. The molecule has 1 saturated heterocycles. The van der Waals surface area contributed by atoms with Gasteiger partial charge in [0.2, 0.25) is 10.0 Å². The van der Waals surface area contributed by atoms with E-state index in [-0.39, 0.29) is 0 Å². The van der Waals surface area contributed by atoms with Gasteiger partial charge in [0, 0.05) is 18.1 Å². The van der Waals surface area contributed by atoms with Crippen molar-refractivity contribution in [2.24, 2.45) is 5.92 Å². The Morgan fingerprint density at radius 2 is 1.95 bits per heavy atom. The molecule has 0 amide bonds. The normalized spacial score (nSPS) is 18.3. The van der Waals surface area contributed by atoms with Crippen molar-refractivity contribution in [1.29, 1.82) is 0 Å². The van der Waals surface area contributed by atoms with Gasteiger partial charge in [0.15, 0.2) is 0 Å². The summed E-state index contributed by atoms with van der Waals surface area (Å²) in [6.45, 7) is 4.54. The van der Waals surface area contributed by atoms with Crippen LogP contribution in [0.15, 0.2) is 27.6 Å². The third kappa shape index (κ3) is 4.06. The van der Waals surface area contributed by atoms with Crippen molar-refractivity contribution in [3.05, 3.63) is 28.2 Å². The summed E-state index contributed by atoms with van der Waals surface area (Å²) in [5, 5.41) is 0. The lowest BCUT2D eigenvalue weighted by molar-refractivity contribution is 0.202. The lowest BCUT2D eigenvalue weighted by Gasteiger charge is -2.31. The molecule has 0 aromatic heterocycles. The lowest BCUT2D eigenvalue weighted by Crippen LogP contribution is -2.38. The molecule has 1 aliphatic heterocycles. The minimum Gasteiger partial charge on any atom is -0.306 e. The summed E-state index contributed by atoms with van der Waals surface area (Å²) in [7, 11) is 0.386. The molecule has 2 rings (SSSR count). The van der Waals surface area contributed by atoms with Gasteiger partial charge in [0.25, 0.3) is 0 Å². The predicted molar refractivity (Wildman–Crippen MR) is 88.9 cm³/mol. The highest BCUT2D eigenvalue weighted by molar-refractivity contribution is 9.10. The third-order valence-corrected chi connectivity index (χ3v) is 6.65. The molecule has 0 radical (unpaired) electrons. The summed E-state index contributed by atoms with van der Waals surface area (Å²) >= 11 is 3.35. The molecule has 0 atom stereocenters. The number of likely N-dealkylation sites (tertiary alicyclic amines) is 1. The van der Waals surface area contributed by atoms with E-state index in [0.717, 1.165) is 36.0 Å². The monoisotopic (exact) mass is 374 g/mol. The Hall–Kier alpha value is -0.430.